The third kappa shape index (κ3) is 3.59. The first kappa shape index (κ1) is 15.0. The Hall–Kier alpha value is -2.37. The standard InChI is InChI=1S/C15H20N4O2/c1-9-8-21-14(17-9)19-13(20)10-6-11(15(2,3)4)18-12(7-10)16-5/h6-8H,1-5H3,(H,16,18)(H,17,19,20). The number of carbonyl (C=O) groups excluding carboxylic acids is 1. The molecule has 6 nitrogen and oxygen atoms in total. The van der Waals surface area contributed by atoms with Gasteiger partial charge in [-0.15, -0.1) is 0 Å². The molecule has 0 fully saturated rings. The molecule has 6 heteroatoms. The fourth-order valence-electron chi connectivity index (χ4n) is 1.75. The number of hydrogen-bond donors (Lipinski definition) is 2. The summed E-state index contributed by atoms with van der Waals surface area (Å²) in [7, 11) is 1.77. The van der Waals surface area contributed by atoms with Crippen molar-refractivity contribution in [1.29, 1.82) is 0 Å². The molecule has 0 spiro atoms. The molecule has 0 unspecified atom stereocenters. The fourth-order valence-corrected chi connectivity index (χ4v) is 1.75. The molecule has 0 aliphatic rings. The van der Waals surface area contributed by atoms with Crippen molar-refractivity contribution in [3.05, 3.63) is 35.3 Å². The van der Waals surface area contributed by atoms with Gasteiger partial charge in [0, 0.05) is 23.7 Å². The molecule has 0 atom stereocenters. The average Bonchev–Trinajstić information content (AvgIpc) is 2.82. The maximum absolute atomic E-state index is 12.3. The van der Waals surface area contributed by atoms with Gasteiger partial charge >= 0.3 is 6.01 Å². The van der Waals surface area contributed by atoms with E-state index in [4.69, 9.17) is 4.42 Å². The Morgan fingerprint density at radius 2 is 1.95 bits per heavy atom. The van der Waals surface area contributed by atoms with Gasteiger partial charge in [0.2, 0.25) is 0 Å². The zero-order valence-corrected chi connectivity index (χ0v) is 12.9. The van der Waals surface area contributed by atoms with Crippen LogP contribution in [-0.4, -0.2) is 22.9 Å². The van der Waals surface area contributed by atoms with Gasteiger partial charge in [0.25, 0.3) is 5.91 Å². The minimum atomic E-state index is -0.277. The normalized spacial score (nSPS) is 11.3. The summed E-state index contributed by atoms with van der Waals surface area (Å²) in [4.78, 5) is 20.9. The van der Waals surface area contributed by atoms with Crippen LogP contribution in [0.1, 0.15) is 42.5 Å². The minimum Gasteiger partial charge on any atom is -0.432 e. The highest BCUT2D eigenvalue weighted by molar-refractivity contribution is 6.03. The van der Waals surface area contributed by atoms with Crippen LogP contribution in [0.3, 0.4) is 0 Å². The van der Waals surface area contributed by atoms with Crippen molar-refractivity contribution in [3.63, 3.8) is 0 Å². The molecule has 0 aliphatic heterocycles. The lowest BCUT2D eigenvalue weighted by Gasteiger charge is -2.19. The Morgan fingerprint density at radius 1 is 1.24 bits per heavy atom. The Bertz CT molecular complexity index is 656. The third-order valence-corrected chi connectivity index (χ3v) is 2.95. The third-order valence-electron chi connectivity index (χ3n) is 2.95. The molecule has 2 aromatic heterocycles. The van der Waals surface area contributed by atoms with Gasteiger partial charge in [-0.2, -0.15) is 4.98 Å². The van der Waals surface area contributed by atoms with Crippen molar-refractivity contribution in [2.24, 2.45) is 0 Å². The lowest BCUT2D eigenvalue weighted by Crippen LogP contribution is -2.18. The summed E-state index contributed by atoms with van der Waals surface area (Å²) >= 11 is 0. The lowest BCUT2D eigenvalue weighted by atomic mass is 9.90. The maximum Gasteiger partial charge on any atom is 0.301 e. The summed E-state index contributed by atoms with van der Waals surface area (Å²) < 4.78 is 5.14. The molecule has 112 valence electrons. The van der Waals surface area contributed by atoms with Crippen LogP contribution in [0.4, 0.5) is 11.8 Å². The number of rotatable bonds is 3. The number of pyridine rings is 1. The van der Waals surface area contributed by atoms with Crippen LogP contribution in [-0.2, 0) is 5.41 Å². The Balaban J connectivity index is 2.31. The number of nitrogens with zero attached hydrogens (tertiary/aromatic N) is 2. The SMILES string of the molecule is CNc1cc(C(=O)Nc2nc(C)co2)cc(C(C)(C)C)n1. The van der Waals surface area contributed by atoms with Crippen molar-refractivity contribution in [2.45, 2.75) is 33.1 Å². The maximum atomic E-state index is 12.3. The number of anilines is 2. The van der Waals surface area contributed by atoms with Crippen molar-refractivity contribution in [3.8, 4) is 0 Å². The predicted molar refractivity (Wildman–Crippen MR) is 81.7 cm³/mol. The highest BCUT2D eigenvalue weighted by atomic mass is 16.4. The highest BCUT2D eigenvalue weighted by Gasteiger charge is 2.19. The van der Waals surface area contributed by atoms with Crippen LogP contribution < -0.4 is 10.6 Å². The molecule has 21 heavy (non-hydrogen) atoms. The van der Waals surface area contributed by atoms with E-state index in [-0.39, 0.29) is 17.3 Å². The first-order chi connectivity index (χ1) is 9.79. The van der Waals surface area contributed by atoms with Crippen molar-refractivity contribution < 1.29 is 9.21 Å². The van der Waals surface area contributed by atoms with E-state index >= 15 is 0 Å². The molecule has 0 saturated heterocycles. The Kier molecular flexibility index (Phi) is 3.97. The van der Waals surface area contributed by atoms with Gasteiger partial charge in [-0.05, 0) is 19.1 Å². The smallest absolute Gasteiger partial charge is 0.301 e. The second-order valence-electron chi connectivity index (χ2n) is 5.87. The minimum absolute atomic E-state index is 0.151. The van der Waals surface area contributed by atoms with Gasteiger partial charge in [0.1, 0.15) is 12.1 Å². The Morgan fingerprint density at radius 3 is 2.48 bits per heavy atom. The van der Waals surface area contributed by atoms with Crippen LogP contribution in [0.5, 0.6) is 0 Å². The fraction of sp³-hybridized carbons (Fsp3) is 0.400. The Labute approximate surface area is 124 Å². The molecule has 0 bridgehead atoms. The van der Waals surface area contributed by atoms with Crippen LogP contribution in [0.15, 0.2) is 22.8 Å². The van der Waals surface area contributed by atoms with Gasteiger partial charge in [0.15, 0.2) is 0 Å². The van der Waals surface area contributed by atoms with E-state index in [1.54, 1.807) is 26.1 Å². The number of hydrogen-bond acceptors (Lipinski definition) is 5. The summed E-state index contributed by atoms with van der Waals surface area (Å²) in [6.45, 7) is 7.94. The predicted octanol–water partition coefficient (Wildman–Crippen LogP) is 2.97. The first-order valence-electron chi connectivity index (χ1n) is 6.73. The molecule has 1 amide bonds. The van der Waals surface area contributed by atoms with E-state index in [1.807, 2.05) is 20.8 Å². The molecular formula is C15H20N4O2. The molecule has 0 radical (unpaired) electrons. The van der Waals surface area contributed by atoms with E-state index in [0.717, 1.165) is 5.69 Å². The van der Waals surface area contributed by atoms with Crippen LogP contribution >= 0.6 is 0 Å². The highest BCUT2D eigenvalue weighted by Crippen LogP contribution is 2.23. The summed E-state index contributed by atoms with van der Waals surface area (Å²) in [5.74, 6) is 0.373. The first-order valence-corrected chi connectivity index (χ1v) is 6.73. The van der Waals surface area contributed by atoms with Crippen LogP contribution in [0, 0.1) is 6.92 Å². The summed E-state index contributed by atoms with van der Waals surface area (Å²) in [6, 6.07) is 3.67. The lowest BCUT2D eigenvalue weighted by molar-refractivity contribution is 0.102. The van der Waals surface area contributed by atoms with Gasteiger partial charge in [-0.1, -0.05) is 20.8 Å². The van der Waals surface area contributed by atoms with Gasteiger partial charge in [-0.25, -0.2) is 4.98 Å². The topological polar surface area (TPSA) is 80.0 Å². The van der Waals surface area contributed by atoms with Crippen LogP contribution in [0.2, 0.25) is 0 Å². The number of nitrogens with one attached hydrogen (secondary N) is 2. The molecule has 2 heterocycles. The van der Waals surface area contributed by atoms with E-state index in [1.165, 1.54) is 6.26 Å². The van der Waals surface area contributed by atoms with Gasteiger partial charge in [0.05, 0.1) is 5.69 Å². The molecule has 2 N–H and O–H groups in total. The molecule has 0 aliphatic carbocycles. The van der Waals surface area contributed by atoms with E-state index in [9.17, 15) is 4.79 Å². The monoisotopic (exact) mass is 288 g/mol. The van der Waals surface area contributed by atoms with Crippen LogP contribution in [0.25, 0.3) is 0 Å². The average molecular weight is 288 g/mol. The number of aryl methyl sites for hydroxylation is 1. The zero-order chi connectivity index (χ0) is 15.6. The van der Waals surface area contributed by atoms with Gasteiger partial charge < -0.3 is 9.73 Å². The largest absolute Gasteiger partial charge is 0.432 e. The molecule has 2 rings (SSSR count). The molecule has 0 aromatic carbocycles. The van der Waals surface area contributed by atoms with E-state index in [2.05, 4.69) is 20.6 Å². The van der Waals surface area contributed by atoms with E-state index < -0.39 is 0 Å². The number of aromatic nitrogens is 2. The molecule has 2 aromatic rings. The summed E-state index contributed by atoms with van der Waals surface area (Å²) in [5.41, 5.74) is 1.91. The number of oxazole rings is 1. The molecular weight excluding hydrogens is 268 g/mol. The molecule has 0 saturated carbocycles. The van der Waals surface area contributed by atoms with Gasteiger partial charge in [-0.3, -0.25) is 10.1 Å². The zero-order valence-electron chi connectivity index (χ0n) is 12.9. The van der Waals surface area contributed by atoms with E-state index in [0.29, 0.717) is 17.1 Å². The number of carbonyl (C=O) groups is 1. The quantitative estimate of drug-likeness (QED) is 0.907. The number of amides is 1. The van der Waals surface area contributed by atoms with Crippen molar-refractivity contribution in [2.75, 3.05) is 17.7 Å². The summed E-state index contributed by atoms with van der Waals surface area (Å²) in [5, 5.41) is 5.61. The summed E-state index contributed by atoms with van der Waals surface area (Å²) in [6.07, 6.45) is 1.49. The van der Waals surface area contributed by atoms with Crippen molar-refractivity contribution in [1.82, 2.24) is 9.97 Å². The van der Waals surface area contributed by atoms with Crippen molar-refractivity contribution >= 4 is 17.7 Å². The second-order valence-corrected chi connectivity index (χ2v) is 5.87. The second kappa shape index (κ2) is 5.55.